The van der Waals surface area contributed by atoms with Crippen LogP contribution >= 0.6 is 11.8 Å². The zero-order valence-corrected chi connectivity index (χ0v) is 16.0. The molecule has 0 saturated heterocycles. The number of ether oxygens (including phenoxy) is 1. The average Bonchev–Trinajstić information content (AvgIpc) is 2.69. The molecule has 0 radical (unpaired) electrons. The quantitative estimate of drug-likeness (QED) is 0.430. The topological polar surface area (TPSA) is 26.3 Å². The number of carbonyl (C=O) groups is 1. The normalized spacial score (nSPS) is 14.0. The summed E-state index contributed by atoms with van der Waals surface area (Å²) in [5.41, 5.74) is 2.67. The molecule has 0 aliphatic carbocycles. The third kappa shape index (κ3) is 3.19. The van der Waals surface area contributed by atoms with Gasteiger partial charge in [-0.1, -0.05) is 85.1 Å². The van der Waals surface area contributed by atoms with Crippen LogP contribution in [0.25, 0.3) is 0 Å². The fourth-order valence-electron chi connectivity index (χ4n) is 3.51. The predicted molar refractivity (Wildman–Crippen MR) is 109 cm³/mol. The highest BCUT2D eigenvalue weighted by molar-refractivity contribution is 7.99. The molecule has 27 heavy (non-hydrogen) atoms. The van der Waals surface area contributed by atoms with E-state index in [1.807, 2.05) is 42.5 Å². The first kappa shape index (κ1) is 17.6. The fourth-order valence-corrected chi connectivity index (χ4v) is 4.72. The van der Waals surface area contributed by atoms with E-state index in [-0.39, 0.29) is 5.97 Å². The second-order valence-corrected chi connectivity index (χ2v) is 7.84. The lowest BCUT2D eigenvalue weighted by atomic mass is 9.80. The van der Waals surface area contributed by atoms with Gasteiger partial charge in [0.2, 0.25) is 0 Å². The van der Waals surface area contributed by atoms with Gasteiger partial charge in [-0.3, -0.25) is 0 Å². The van der Waals surface area contributed by atoms with Crippen LogP contribution in [0.15, 0.2) is 101 Å². The standard InChI is InChI=1S/C24H20O2S/c1-17(2)23(25)26-24(16-18-10-4-3-5-11-18)19-12-6-8-14-21(19)27-22-15-9-7-13-20(22)24/h3-15H,1,16H2,2H3. The Labute approximate surface area is 163 Å². The van der Waals surface area contributed by atoms with Crippen molar-refractivity contribution in [1.82, 2.24) is 0 Å². The van der Waals surface area contributed by atoms with Gasteiger partial charge in [0.15, 0.2) is 5.60 Å². The Hall–Kier alpha value is -2.78. The van der Waals surface area contributed by atoms with Crippen LogP contribution in [0.2, 0.25) is 0 Å². The molecule has 0 amide bonds. The number of rotatable bonds is 4. The molecule has 2 nitrogen and oxygen atoms in total. The molecule has 1 aliphatic rings. The number of benzene rings is 3. The second kappa shape index (κ2) is 7.09. The summed E-state index contributed by atoms with van der Waals surface area (Å²) in [5.74, 6) is -0.373. The van der Waals surface area contributed by atoms with Gasteiger partial charge < -0.3 is 4.74 Å². The summed E-state index contributed by atoms with van der Waals surface area (Å²) >= 11 is 1.72. The molecule has 4 rings (SSSR count). The molecule has 0 fully saturated rings. The fraction of sp³-hybridized carbons (Fsp3) is 0.125. The van der Waals surface area contributed by atoms with Gasteiger partial charge in [0.05, 0.1) is 0 Å². The van der Waals surface area contributed by atoms with Crippen LogP contribution < -0.4 is 0 Å². The van der Waals surface area contributed by atoms with Crippen molar-refractivity contribution in [2.45, 2.75) is 28.7 Å². The molecule has 1 heterocycles. The van der Waals surface area contributed by atoms with Gasteiger partial charge in [0.1, 0.15) is 0 Å². The molecular weight excluding hydrogens is 352 g/mol. The van der Waals surface area contributed by atoms with Crippen molar-refractivity contribution in [2.75, 3.05) is 0 Å². The Morgan fingerprint density at radius 3 is 1.96 bits per heavy atom. The third-order valence-electron chi connectivity index (χ3n) is 4.78. The van der Waals surface area contributed by atoms with Crippen LogP contribution in [0, 0.1) is 0 Å². The molecule has 0 unspecified atom stereocenters. The molecule has 0 spiro atoms. The van der Waals surface area contributed by atoms with Gasteiger partial charge in [-0.15, -0.1) is 0 Å². The number of hydrogen-bond acceptors (Lipinski definition) is 3. The Kier molecular flexibility index (Phi) is 4.63. The van der Waals surface area contributed by atoms with E-state index in [9.17, 15) is 4.79 Å². The molecular formula is C24H20O2S. The van der Waals surface area contributed by atoms with E-state index in [4.69, 9.17) is 4.74 Å². The SMILES string of the molecule is C=C(C)C(=O)OC1(Cc2ccccc2)c2ccccc2Sc2ccccc21. The van der Waals surface area contributed by atoms with Gasteiger partial charge in [0, 0.05) is 32.9 Å². The first-order chi connectivity index (χ1) is 13.1. The molecule has 0 bridgehead atoms. The number of hydrogen-bond donors (Lipinski definition) is 0. The zero-order chi connectivity index (χ0) is 18.9. The molecule has 0 saturated carbocycles. The van der Waals surface area contributed by atoms with E-state index in [2.05, 4.69) is 43.0 Å². The minimum absolute atomic E-state index is 0.373. The largest absolute Gasteiger partial charge is 0.445 e. The monoisotopic (exact) mass is 372 g/mol. The van der Waals surface area contributed by atoms with Crippen LogP contribution in [-0.2, 0) is 21.6 Å². The van der Waals surface area contributed by atoms with E-state index in [0.717, 1.165) is 26.5 Å². The molecule has 134 valence electrons. The summed E-state index contributed by atoms with van der Waals surface area (Å²) < 4.78 is 6.25. The van der Waals surface area contributed by atoms with Crippen molar-refractivity contribution in [1.29, 1.82) is 0 Å². The van der Waals surface area contributed by atoms with E-state index in [1.165, 1.54) is 0 Å². The Bertz CT molecular complexity index is 962. The number of esters is 1. The van der Waals surface area contributed by atoms with Crippen molar-refractivity contribution in [3.8, 4) is 0 Å². The lowest BCUT2D eigenvalue weighted by Crippen LogP contribution is -2.39. The highest BCUT2D eigenvalue weighted by Gasteiger charge is 2.44. The lowest BCUT2D eigenvalue weighted by Gasteiger charge is -2.40. The van der Waals surface area contributed by atoms with Gasteiger partial charge in [-0.2, -0.15) is 0 Å². The third-order valence-corrected chi connectivity index (χ3v) is 5.93. The van der Waals surface area contributed by atoms with Gasteiger partial charge in [0.25, 0.3) is 0 Å². The Balaban J connectivity index is 1.96. The molecule has 1 aliphatic heterocycles. The minimum atomic E-state index is -0.879. The van der Waals surface area contributed by atoms with E-state index in [0.29, 0.717) is 12.0 Å². The zero-order valence-electron chi connectivity index (χ0n) is 15.1. The Morgan fingerprint density at radius 1 is 0.889 bits per heavy atom. The summed E-state index contributed by atoms with van der Waals surface area (Å²) in [6.45, 7) is 5.48. The van der Waals surface area contributed by atoms with Crippen molar-refractivity contribution in [2.24, 2.45) is 0 Å². The Morgan fingerprint density at radius 2 is 1.41 bits per heavy atom. The maximum Gasteiger partial charge on any atom is 0.334 e. The van der Waals surface area contributed by atoms with E-state index >= 15 is 0 Å². The van der Waals surface area contributed by atoms with Gasteiger partial charge >= 0.3 is 5.97 Å². The summed E-state index contributed by atoms with van der Waals surface area (Å²) in [6, 6.07) is 26.5. The molecule has 0 aromatic heterocycles. The highest BCUT2D eigenvalue weighted by Crippen LogP contribution is 2.51. The van der Waals surface area contributed by atoms with Gasteiger partial charge in [-0.25, -0.2) is 4.79 Å². The van der Waals surface area contributed by atoms with Crippen molar-refractivity contribution in [3.63, 3.8) is 0 Å². The summed E-state index contributed by atoms with van der Waals surface area (Å²) in [4.78, 5) is 14.9. The number of carbonyl (C=O) groups excluding carboxylic acids is 1. The van der Waals surface area contributed by atoms with E-state index < -0.39 is 5.60 Å². The van der Waals surface area contributed by atoms with Crippen molar-refractivity contribution < 1.29 is 9.53 Å². The van der Waals surface area contributed by atoms with Crippen LogP contribution in [0.3, 0.4) is 0 Å². The summed E-state index contributed by atoms with van der Waals surface area (Å²) in [6.07, 6.45) is 0.571. The summed E-state index contributed by atoms with van der Waals surface area (Å²) in [7, 11) is 0. The molecule has 3 aromatic carbocycles. The average molecular weight is 372 g/mol. The van der Waals surface area contributed by atoms with Crippen LogP contribution in [0.1, 0.15) is 23.6 Å². The summed E-state index contributed by atoms with van der Waals surface area (Å²) in [5, 5.41) is 0. The lowest BCUT2D eigenvalue weighted by molar-refractivity contribution is -0.152. The van der Waals surface area contributed by atoms with E-state index in [1.54, 1.807) is 18.7 Å². The number of fused-ring (bicyclic) bond motifs is 2. The van der Waals surface area contributed by atoms with Crippen molar-refractivity contribution in [3.05, 3.63) is 108 Å². The van der Waals surface area contributed by atoms with Crippen molar-refractivity contribution >= 4 is 17.7 Å². The molecule has 3 heteroatoms. The minimum Gasteiger partial charge on any atom is -0.445 e. The predicted octanol–water partition coefficient (Wildman–Crippen LogP) is 5.76. The smallest absolute Gasteiger partial charge is 0.334 e. The maximum absolute atomic E-state index is 12.7. The highest BCUT2D eigenvalue weighted by atomic mass is 32.2. The second-order valence-electron chi connectivity index (χ2n) is 6.75. The first-order valence-corrected chi connectivity index (χ1v) is 9.71. The van der Waals surface area contributed by atoms with Crippen LogP contribution in [0.5, 0.6) is 0 Å². The van der Waals surface area contributed by atoms with Crippen LogP contribution in [-0.4, -0.2) is 5.97 Å². The molecule has 0 N–H and O–H groups in total. The maximum atomic E-state index is 12.7. The van der Waals surface area contributed by atoms with Crippen LogP contribution in [0.4, 0.5) is 0 Å². The molecule has 0 atom stereocenters. The van der Waals surface area contributed by atoms with Gasteiger partial charge in [-0.05, 0) is 24.6 Å². The first-order valence-electron chi connectivity index (χ1n) is 8.90. The molecule has 3 aromatic rings.